The van der Waals surface area contributed by atoms with Crippen LogP contribution in [0.3, 0.4) is 0 Å². The highest BCUT2D eigenvalue weighted by atomic mass is 35.5. The molecule has 194 valence electrons. The fraction of sp³-hybridized carbons (Fsp3) is 0.481. The molecule has 8 nitrogen and oxygen atoms in total. The smallest absolute Gasteiger partial charge is 0.166 e. The number of halogens is 2. The molecule has 0 spiro atoms. The number of rotatable bonds is 6. The van der Waals surface area contributed by atoms with Gasteiger partial charge in [-0.2, -0.15) is 0 Å². The Balaban J connectivity index is 1.12. The van der Waals surface area contributed by atoms with E-state index in [1.165, 1.54) is 0 Å². The maximum atomic E-state index is 12.0. The summed E-state index contributed by atoms with van der Waals surface area (Å²) in [6, 6.07) is 7.49. The number of fused-ring (bicyclic) bond motifs is 3. The van der Waals surface area contributed by atoms with Crippen molar-refractivity contribution in [3.05, 3.63) is 57.4 Å². The SMILES string of the molecule is CN1Nc2cc(C3(O)[C@@H]4CC[C@H]3CC(OCc3c(-c5c(Cl)cccc5Cl)noc3C3CC3)C4)cnc2N1. The van der Waals surface area contributed by atoms with Gasteiger partial charge in [-0.25, -0.2) is 4.98 Å². The molecule has 2 aromatic heterocycles. The molecule has 3 N–H and O–H groups in total. The van der Waals surface area contributed by atoms with Crippen molar-refractivity contribution in [2.45, 2.75) is 62.8 Å². The van der Waals surface area contributed by atoms with E-state index in [0.717, 1.165) is 66.9 Å². The topological polar surface area (TPSA) is 95.7 Å². The molecule has 3 saturated carbocycles. The van der Waals surface area contributed by atoms with Gasteiger partial charge in [-0.15, -0.1) is 5.12 Å². The van der Waals surface area contributed by atoms with Gasteiger partial charge in [0.25, 0.3) is 0 Å². The largest absolute Gasteiger partial charge is 0.385 e. The van der Waals surface area contributed by atoms with Gasteiger partial charge < -0.3 is 14.4 Å². The van der Waals surface area contributed by atoms with E-state index in [-0.39, 0.29) is 17.9 Å². The molecule has 4 atom stereocenters. The van der Waals surface area contributed by atoms with Crippen molar-refractivity contribution in [1.82, 2.24) is 15.3 Å². The third-order valence-corrected chi connectivity index (χ3v) is 9.17. The van der Waals surface area contributed by atoms with Crippen LogP contribution in [-0.4, -0.2) is 33.5 Å². The number of anilines is 2. The van der Waals surface area contributed by atoms with Crippen LogP contribution >= 0.6 is 23.2 Å². The Bertz CT molecular complexity index is 1330. The lowest BCUT2D eigenvalue weighted by molar-refractivity contribution is -0.116. The van der Waals surface area contributed by atoms with Crippen LogP contribution in [0.4, 0.5) is 11.5 Å². The molecule has 0 radical (unpaired) electrons. The van der Waals surface area contributed by atoms with E-state index in [0.29, 0.717) is 33.8 Å². The van der Waals surface area contributed by atoms with Crippen molar-refractivity contribution in [2.24, 2.45) is 11.8 Å². The van der Waals surface area contributed by atoms with Crippen LogP contribution in [0.1, 0.15) is 61.3 Å². The average molecular weight is 542 g/mol. The standard InChI is InChI=1S/C27H29Cl2N5O3/c1-34-31-22-11-17(12-30-26(22)32-34)27(35)15-7-8-16(27)10-18(9-15)36-13-19-24(33-37-25(19)14-5-6-14)23-20(28)3-2-4-21(23)29/h2-4,11-12,14-16,18,31,35H,5-10,13H2,1H3,(H,30,32)/t15-,16+,18?,27?. The molecule has 0 saturated heterocycles. The molecule has 7 rings (SSSR count). The monoisotopic (exact) mass is 541 g/mol. The highest BCUT2D eigenvalue weighted by molar-refractivity contribution is 6.39. The summed E-state index contributed by atoms with van der Waals surface area (Å²) in [4.78, 5) is 4.56. The summed E-state index contributed by atoms with van der Waals surface area (Å²) >= 11 is 13.0. The highest BCUT2D eigenvalue weighted by Gasteiger charge is 2.55. The Kier molecular flexibility index (Phi) is 5.68. The molecular weight excluding hydrogens is 513 g/mol. The van der Waals surface area contributed by atoms with Gasteiger partial charge in [-0.3, -0.25) is 10.9 Å². The van der Waals surface area contributed by atoms with Crippen molar-refractivity contribution in [3.8, 4) is 11.3 Å². The van der Waals surface area contributed by atoms with Gasteiger partial charge in [0.2, 0.25) is 0 Å². The lowest BCUT2D eigenvalue weighted by Gasteiger charge is -2.43. The molecule has 1 aliphatic heterocycles. The normalized spacial score (nSPS) is 28.7. The zero-order valence-electron chi connectivity index (χ0n) is 20.5. The third kappa shape index (κ3) is 3.92. The second kappa shape index (κ2) is 8.85. The maximum Gasteiger partial charge on any atom is 0.166 e. The van der Waals surface area contributed by atoms with E-state index in [1.807, 2.05) is 37.5 Å². The Morgan fingerprint density at radius 3 is 2.57 bits per heavy atom. The minimum Gasteiger partial charge on any atom is -0.385 e. The van der Waals surface area contributed by atoms with E-state index in [4.69, 9.17) is 32.5 Å². The van der Waals surface area contributed by atoms with E-state index < -0.39 is 5.60 Å². The van der Waals surface area contributed by atoms with E-state index >= 15 is 0 Å². The number of nitrogens with zero attached hydrogens (tertiary/aromatic N) is 3. The second-order valence-corrected chi connectivity index (χ2v) is 11.7. The molecule has 3 aromatic rings. The Morgan fingerprint density at radius 1 is 1.14 bits per heavy atom. The fourth-order valence-corrected chi connectivity index (χ4v) is 7.16. The number of pyridine rings is 1. The average Bonchev–Trinajstić information content (AvgIpc) is 3.50. The first kappa shape index (κ1) is 23.7. The van der Waals surface area contributed by atoms with Crippen LogP contribution in [0.25, 0.3) is 11.3 Å². The summed E-state index contributed by atoms with van der Waals surface area (Å²) < 4.78 is 12.3. The number of aromatic nitrogens is 2. The van der Waals surface area contributed by atoms with Crippen molar-refractivity contribution in [2.75, 3.05) is 17.9 Å². The lowest BCUT2D eigenvalue weighted by atomic mass is 9.70. The van der Waals surface area contributed by atoms with Crippen LogP contribution in [0.15, 0.2) is 35.0 Å². The number of nitrogens with one attached hydrogen (secondary N) is 2. The van der Waals surface area contributed by atoms with Gasteiger partial charge in [0, 0.05) is 35.9 Å². The molecule has 3 aliphatic carbocycles. The van der Waals surface area contributed by atoms with E-state index in [9.17, 15) is 5.11 Å². The molecule has 2 unspecified atom stereocenters. The summed E-state index contributed by atoms with van der Waals surface area (Å²) in [5, 5.41) is 19.2. The van der Waals surface area contributed by atoms with Crippen LogP contribution < -0.4 is 10.9 Å². The Hall–Kier alpha value is -2.36. The van der Waals surface area contributed by atoms with Gasteiger partial charge in [-0.1, -0.05) is 34.4 Å². The summed E-state index contributed by atoms with van der Waals surface area (Å²) in [6.45, 7) is 0.386. The van der Waals surface area contributed by atoms with Crippen molar-refractivity contribution in [1.29, 1.82) is 0 Å². The molecular formula is C27H29Cl2N5O3. The minimum atomic E-state index is -0.892. The fourth-order valence-electron chi connectivity index (χ4n) is 6.58. The number of benzene rings is 1. The molecule has 0 amide bonds. The van der Waals surface area contributed by atoms with Crippen molar-refractivity contribution in [3.63, 3.8) is 0 Å². The molecule has 4 aliphatic rings. The van der Waals surface area contributed by atoms with Crippen molar-refractivity contribution >= 4 is 34.7 Å². The Labute approximate surface area is 225 Å². The number of hydrogen-bond acceptors (Lipinski definition) is 8. The maximum absolute atomic E-state index is 12.0. The van der Waals surface area contributed by atoms with Gasteiger partial charge >= 0.3 is 0 Å². The quantitative estimate of drug-likeness (QED) is 0.343. The molecule has 3 fully saturated rings. The van der Waals surface area contributed by atoms with E-state index in [2.05, 4.69) is 21.0 Å². The first-order valence-corrected chi connectivity index (χ1v) is 13.7. The van der Waals surface area contributed by atoms with Crippen LogP contribution in [-0.2, 0) is 16.9 Å². The highest BCUT2D eigenvalue weighted by Crippen LogP contribution is 2.56. The van der Waals surface area contributed by atoms with Gasteiger partial charge in [0.05, 0.1) is 34.0 Å². The third-order valence-electron chi connectivity index (χ3n) is 8.54. The number of aliphatic hydroxyl groups is 1. The first-order chi connectivity index (χ1) is 17.9. The first-order valence-electron chi connectivity index (χ1n) is 13.0. The molecule has 10 heteroatoms. The van der Waals surface area contributed by atoms with Crippen LogP contribution in [0, 0.1) is 11.8 Å². The summed E-state index contributed by atoms with van der Waals surface area (Å²) in [5.74, 6) is 2.27. The summed E-state index contributed by atoms with van der Waals surface area (Å²) in [6.07, 6.45) is 7.58. The summed E-state index contributed by atoms with van der Waals surface area (Å²) in [5.41, 5.74) is 9.54. The number of ether oxygens (including phenoxy) is 1. The van der Waals surface area contributed by atoms with E-state index in [1.54, 1.807) is 5.12 Å². The van der Waals surface area contributed by atoms with Gasteiger partial charge in [0.15, 0.2) is 5.82 Å². The van der Waals surface area contributed by atoms with Gasteiger partial charge in [0.1, 0.15) is 11.5 Å². The predicted molar refractivity (Wildman–Crippen MR) is 141 cm³/mol. The molecule has 37 heavy (non-hydrogen) atoms. The zero-order chi connectivity index (χ0) is 25.3. The van der Waals surface area contributed by atoms with Crippen LogP contribution in [0.5, 0.6) is 0 Å². The molecule has 3 heterocycles. The predicted octanol–water partition coefficient (Wildman–Crippen LogP) is 6.11. The number of hydrazine groups is 2. The molecule has 2 bridgehead atoms. The zero-order valence-corrected chi connectivity index (χ0v) is 22.0. The molecule has 1 aromatic carbocycles. The summed E-state index contributed by atoms with van der Waals surface area (Å²) in [7, 11) is 1.89. The number of hydrogen-bond donors (Lipinski definition) is 3. The van der Waals surface area contributed by atoms with Crippen LogP contribution in [0.2, 0.25) is 10.0 Å². The van der Waals surface area contributed by atoms with Gasteiger partial charge in [-0.05, 0) is 68.6 Å². The van der Waals surface area contributed by atoms with Crippen molar-refractivity contribution < 1.29 is 14.4 Å². The minimum absolute atomic E-state index is 0.0441. The second-order valence-electron chi connectivity index (χ2n) is 10.8. The Morgan fingerprint density at radius 2 is 1.86 bits per heavy atom. The lowest BCUT2D eigenvalue weighted by Crippen LogP contribution is -2.44.